The van der Waals surface area contributed by atoms with E-state index in [0.717, 1.165) is 76.3 Å². The summed E-state index contributed by atoms with van der Waals surface area (Å²) in [7, 11) is 1.57. The molecule has 7 rings (SSSR count). The fourth-order valence-electron chi connectivity index (χ4n) is 8.99. The molecular formula is C47H55N3O6. The van der Waals surface area contributed by atoms with Crippen molar-refractivity contribution in [3.63, 3.8) is 0 Å². The van der Waals surface area contributed by atoms with E-state index in [1.807, 2.05) is 37.3 Å². The molecule has 294 valence electrons. The highest BCUT2D eigenvalue weighted by Gasteiger charge is 2.35. The van der Waals surface area contributed by atoms with Gasteiger partial charge in [0.1, 0.15) is 23.0 Å². The van der Waals surface area contributed by atoms with Crippen LogP contribution in [0, 0.1) is 0 Å². The number of aromatic hydroxyl groups is 1. The van der Waals surface area contributed by atoms with Crippen molar-refractivity contribution in [3.8, 4) is 17.2 Å². The molecular weight excluding hydrogens is 703 g/mol. The highest BCUT2D eigenvalue weighted by Crippen LogP contribution is 2.47. The number of rotatable bonds is 14. The van der Waals surface area contributed by atoms with Crippen LogP contribution in [0.3, 0.4) is 0 Å². The maximum absolute atomic E-state index is 13.6. The van der Waals surface area contributed by atoms with Gasteiger partial charge in [0, 0.05) is 56.8 Å². The summed E-state index contributed by atoms with van der Waals surface area (Å²) in [6.45, 7) is 7.72. The molecule has 0 radical (unpaired) electrons. The zero-order chi connectivity index (χ0) is 39.0. The van der Waals surface area contributed by atoms with Gasteiger partial charge in [0.05, 0.1) is 31.7 Å². The van der Waals surface area contributed by atoms with E-state index in [2.05, 4.69) is 70.5 Å². The molecule has 1 aliphatic heterocycles. The Balaban J connectivity index is 0.850. The van der Waals surface area contributed by atoms with Crippen LogP contribution in [-0.4, -0.2) is 91.4 Å². The van der Waals surface area contributed by atoms with Gasteiger partial charge in [0.25, 0.3) is 5.91 Å². The molecule has 0 spiro atoms. The third kappa shape index (κ3) is 8.94. The number of ether oxygens (including phenoxy) is 2. The number of methoxy groups -OCH3 is 1. The van der Waals surface area contributed by atoms with Gasteiger partial charge in [-0.25, -0.2) is 0 Å². The van der Waals surface area contributed by atoms with Crippen LogP contribution in [-0.2, 0) is 16.0 Å². The van der Waals surface area contributed by atoms with Gasteiger partial charge >= 0.3 is 0 Å². The van der Waals surface area contributed by atoms with Crippen LogP contribution >= 0.6 is 0 Å². The largest absolute Gasteiger partial charge is 0.508 e. The lowest BCUT2D eigenvalue weighted by atomic mass is 9.69. The zero-order valence-electron chi connectivity index (χ0n) is 32.8. The molecule has 1 saturated heterocycles. The molecule has 9 nitrogen and oxygen atoms in total. The van der Waals surface area contributed by atoms with Crippen LogP contribution in [0.15, 0.2) is 91.0 Å². The SMILES string of the molecule is CCN(C(=O)c1ccc(N2CCN(CCCCCOc3ccc([C@@H]4c5ccc(O)cc5CC[C@@H]4c4ccccc4)cc3)CC2)cc1OC)C1CCC(=O)CC1=O. The number of hydrogen-bond donors (Lipinski definition) is 1. The lowest BCUT2D eigenvalue weighted by Crippen LogP contribution is -2.48. The van der Waals surface area contributed by atoms with Gasteiger partial charge in [-0.1, -0.05) is 48.5 Å². The molecule has 0 aromatic heterocycles. The minimum absolute atomic E-state index is 0.0522. The second-order valence-corrected chi connectivity index (χ2v) is 15.4. The summed E-state index contributed by atoms with van der Waals surface area (Å²) in [6, 6.07) is 30.4. The third-order valence-corrected chi connectivity index (χ3v) is 12.0. The first-order chi connectivity index (χ1) is 27.3. The van der Waals surface area contributed by atoms with Gasteiger partial charge in [-0.05, 0) is 117 Å². The number of phenols is 1. The molecule has 0 bridgehead atoms. The number of nitrogens with zero attached hydrogens (tertiary/aromatic N) is 3. The number of piperazine rings is 1. The Labute approximate surface area is 331 Å². The predicted octanol–water partition coefficient (Wildman–Crippen LogP) is 7.79. The first-order valence-electron chi connectivity index (χ1n) is 20.4. The number of carbonyl (C=O) groups is 3. The minimum Gasteiger partial charge on any atom is -0.508 e. The van der Waals surface area contributed by atoms with Gasteiger partial charge in [0.2, 0.25) is 0 Å². The van der Waals surface area contributed by atoms with Crippen LogP contribution in [0.2, 0.25) is 0 Å². The summed E-state index contributed by atoms with van der Waals surface area (Å²) in [4.78, 5) is 44.4. The van der Waals surface area contributed by atoms with E-state index in [-0.39, 0.29) is 29.8 Å². The van der Waals surface area contributed by atoms with Gasteiger partial charge < -0.3 is 24.4 Å². The molecule has 4 aromatic rings. The fourth-order valence-corrected chi connectivity index (χ4v) is 8.99. The van der Waals surface area contributed by atoms with Gasteiger partial charge in [-0.3, -0.25) is 19.3 Å². The van der Waals surface area contributed by atoms with Crippen molar-refractivity contribution in [2.45, 2.75) is 76.2 Å². The van der Waals surface area contributed by atoms with Crippen LogP contribution in [0.5, 0.6) is 17.2 Å². The normalized spacial score (nSPS) is 20.0. The summed E-state index contributed by atoms with van der Waals surface area (Å²) in [6.07, 6.45) is 5.85. The molecule has 1 amide bonds. The molecule has 1 heterocycles. The highest BCUT2D eigenvalue weighted by molar-refractivity contribution is 6.07. The Hall–Kier alpha value is -5.15. The van der Waals surface area contributed by atoms with E-state index in [4.69, 9.17) is 9.47 Å². The summed E-state index contributed by atoms with van der Waals surface area (Å²) in [5, 5.41) is 10.2. The van der Waals surface area contributed by atoms with Crippen molar-refractivity contribution >= 4 is 23.2 Å². The van der Waals surface area contributed by atoms with E-state index in [1.165, 1.54) is 22.3 Å². The number of fused-ring (bicyclic) bond motifs is 1. The van der Waals surface area contributed by atoms with Crippen LogP contribution in [0.25, 0.3) is 0 Å². The number of phenolic OH excluding ortho intramolecular Hbond substituents is 1. The second-order valence-electron chi connectivity index (χ2n) is 15.4. The Morgan fingerprint density at radius 2 is 1.62 bits per heavy atom. The smallest absolute Gasteiger partial charge is 0.258 e. The minimum atomic E-state index is -0.564. The van der Waals surface area contributed by atoms with Crippen molar-refractivity contribution in [2.24, 2.45) is 0 Å². The number of benzene rings is 4. The standard InChI is InChI=1S/C47H55N3O6/c1-3-50(43-23-17-38(52)32-44(43)53)47(54)42-21-15-36(31-45(42)55-2)49-27-25-48(26-28-49)24-8-5-9-29-56-39-18-12-34(13-19-39)46-40(33-10-6-4-7-11-33)20-14-35-30-37(51)16-22-41(35)46/h4,6-7,10-13,15-16,18-19,21-22,30-31,40,43,46,51H,3,5,8-9,14,17,20,23-29,32H2,1-2H3/t40-,43?,46+/m1/s1. The van der Waals surface area contributed by atoms with E-state index < -0.39 is 6.04 Å². The first kappa shape index (κ1) is 39.1. The topological polar surface area (TPSA) is 99.6 Å². The quantitative estimate of drug-likeness (QED) is 0.103. The summed E-state index contributed by atoms with van der Waals surface area (Å²) in [5.41, 5.74) is 6.63. The molecule has 3 atom stereocenters. The summed E-state index contributed by atoms with van der Waals surface area (Å²) < 4.78 is 11.9. The maximum Gasteiger partial charge on any atom is 0.258 e. The number of ketones is 2. The number of amides is 1. The van der Waals surface area contributed by atoms with Crippen LogP contribution in [0.1, 0.15) is 96.3 Å². The molecule has 3 aliphatic rings. The zero-order valence-corrected chi connectivity index (χ0v) is 32.8. The van der Waals surface area contributed by atoms with E-state index in [0.29, 0.717) is 49.0 Å². The fraction of sp³-hybridized carbons (Fsp3) is 0.426. The maximum atomic E-state index is 13.6. The molecule has 56 heavy (non-hydrogen) atoms. The number of carbonyl (C=O) groups excluding carboxylic acids is 3. The number of anilines is 1. The summed E-state index contributed by atoms with van der Waals surface area (Å²) >= 11 is 0. The van der Waals surface area contributed by atoms with Crippen LogP contribution < -0.4 is 14.4 Å². The Bertz CT molecular complexity index is 1970. The van der Waals surface area contributed by atoms with Crippen molar-refractivity contribution in [1.29, 1.82) is 0 Å². The number of likely N-dealkylation sites (N-methyl/N-ethyl adjacent to an activating group) is 1. The average Bonchev–Trinajstić information content (AvgIpc) is 3.23. The predicted molar refractivity (Wildman–Crippen MR) is 219 cm³/mol. The van der Waals surface area contributed by atoms with Gasteiger partial charge in [-0.15, -0.1) is 0 Å². The summed E-state index contributed by atoms with van der Waals surface area (Å²) in [5.74, 6) is 1.87. The third-order valence-electron chi connectivity index (χ3n) is 12.0. The second kappa shape index (κ2) is 18.2. The molecule has 1 N–H and O–H groups in total. The molecule has 1 unspecified atom stereocenters. The highest BCUT2D eigenvalue weighted by atomic mass is 16.5. The van der Waals surface area contributed by atoms with Crippen molar-refractivity contribution < 1.29 is 29.0 Å². The molecule has 2 fully saturated rings. The Morgan fingerprint density at radius 1 is 0.839 bits per heavy atom. The lowest BCUT2D eigenvalue weighted by molar-refractivity contribution is -0.133. The molecule has 4 aromatic carbocycles. The van der Waals surface area contributed by atoms with Gasteiger partial charge in [-0.2, -0.15) is 0 Å². The number of hydrogen-bond acceptors (Lipinski definition) is 8. The number of Topliss-reactive ketones (excluding diaryl/α,β-unsaturated/α-hetero) is 2. The van der Waals surface area contributed by atoms with E-state index >= 15 is 0 Å². The van der Waals surface area contributed by atoms with Crippen molar-refractivity contribution in [1.82, 2.24) is 9.80 Å². The Kier molecular flexibility index (Phi) is 12.7. The average molecular weight is 758 g/mol. The number of unbranched alkanes of at least 4 members (excludes halogenated alkanes) is 2. The Morgan fingerprint density at radius 3 is 2.36 bits per heavy atom. The van der Waals surface area contributed by atoms with Crippen LogP contribution in [0.4, 0.5) is 5.69 Å². The molecule has 9 heteroatoms. The van der Waals surface area contributed by atoms with Gasteiger partial charge in [0.15, 0.2) is 5.78 Å². The number of aryl methyl sites for hydroxylation is 1. The van der Waals surface area contributed by atoms with E-state index in [1.54, 1.807) is 12.0 Å². The monoisotopic (exact) mass is 757 g/mol. The van der Waals surface area contributed by atoms with Crippen molar-refractivity contribution in [3.05, 3.63) is 119 Å². The lowest BCUT2D eigenvalue weighted by Gasteiger charge is -2.36. The molecule has 1 saturated carbocycles. The van der Waals surface area contributed by atoms with Crippen molar-refractivity contribution in [2.75, 3.05) is 57.9 Å². The molecule has 2 aliphatic carbocycles. The first-order valence-corrected chi connectivity index (χ1v) is 20.4. The van der Waals surface area contributed by atoms with E-state index in [9.17, 15) is 19.5 Å².